The van der Waals surface area contributed by atoms with Crippen molar-refractivity contribution in [3.05, 3.63) is 72.4 Å². The first-order valence-corrected chi connectivity index (χ1v) is 7.85. The number of nitrogens with zero attached hydrogens (tertiary/aromatic N) is 2. The van der Waals surface area contributed by atoms with Gasteiger partial charge < -0.3 is 9.72 Å². The number of carbonyl (C=O) groups is 1. The van der Waals surface area contributed by atoms with Crippen LogP contribution in [-0.2, 0) is 4.74 Å². The summed E-state index contributed by atoms with van der Waals surface area (Å²) in [5.74, 6) is 0.421. The molecular weight excluding hydrogens is 314 g/mol. The minimum absolute atomic E-state index is 0.344. The summed E-state index contributed by atoms with van der Waals surface area (Å²) < 4.78 is 4.86. The largest absolute Gasteiger partial charge is 0.465 e. The molecule has 25 heavy (non-hydrogen) atoms. The lowest BCUT2D eigenvalue weighted by Crippen LogP contribution is -2.03. The van der Waals surface area contributed by atoms with E-state index in [2.05, 4.69) is 15.0 Å². The minimum atomic E-state index is -0.344. The maximum Gasteiger partial charge on any atom is 0.338 e. The molecule has 2 heterocycles. The Bertz CT molecular complexity index is 1020. The van der Waals surface area contributed by atoms with Crippen LogP contribution in [0.4, 0.5) is 0 Å². The van der Waals surface area contributed by atoms with Gasteiger partial charge in [-0.25, -0.2) is 14.8 Å². The van der Waals surface area contributed by atoms with Crippen molar-refractivity contribution in [1.82, 2.24) is 15.0 Å². The molecule has 2 aromatic heterocycles. The van der Waals surface area contributed by atoms with Crippen molar-refractivity contribution >= 4 is 17.1 Å². The number of H-pyrrole nitrogens is 1. The minimum Gasteiger partial charge on any atom is -0.465 e. The van der Waals surface area contributed by atoms with Crippen molar-refractivity contribution in [3.63, 3.8) is 0 Å². The number of esters is 1. The zero-order valence-corrected chi connectivity index (χ0v) is 13.6. The first-order valence-electron chi connectivity index (χ1n) is 7.85. The Kier molecular flexibility index (Phi) is 3.74. The number of hydrogen-bond acceptors (Lipinski definition) is 4. The van der Waals surface area contributed by atoms with Gasteiger partial charge in [0.25, 0.3) is 0 Å². The monoisotopic (exact) mass is 329 g/mol. The van der Waals surface area contributed by atoms with Gasteiger partial charge in [0.2, 0.25) is 0 Å². The fraction of sp³-hybridized carbons (Fsp3) is 0.0500. The lowest BCUT2D eigenvalue weighted by Gasteiger charge is -2.08. The third-order valence-corrected chi connectivity index (χ3v) is 4.06. The fourth-order valence-electron chi connectivity index (χ4n) is 2.81. The summed E-state index contributed by atoms with van der Waals surface area (Å²) in [5, 5.41) is 0. The van der Waals surface area contributed by atoms with Gasteiger partial charge in [-0.1, -0.05) is 42.5 Å². The average Bonchev–Trinajstić information content (AvgIpc) is 3.12. The quantitative estimate of drug-likeness (QED) is 0.575. The van der Waals surface area contributed by atoms with Gasteiger partial charge in [-0.2, -0.15) is 0 Å². The van der Waals surface area contributed by atoms with Crippen molar-refractivity contribution in [1.29, 1.82) is 0 Å². The summed E-state index contributed by atoms with van der Waals surface area (Å²) in [6, 6.07) is 19.1. The Morgan fingerprint density at radius 3 is 2.48 bits per heavy atom. The van der Waals surface area contributed by atoms with E-state index in [0.717, 1.165) is 28.0 Å². The summed E-state index contributed by atoms with van der Waals surface area (Å²) in [7, 11) is 1.39. The van der Waals surface area contributed by atoms with E-state index < -0.39 is 0 Å². The first kappa shape index (κ1) is 15.1. The van der Waals surface area contributed by atoms with Gasteiger partial charge in [0.1, 0.15) is 5.82 Å². The highest BCUT2D eigenvalue weighted by molar-refractivity contribution is 5.97. The molecule has 0 atom stereocenters. The van der Waals surface area contributed by atoms with Crippen LogP contribution >= 0.6 is 0 Å². The molecule has 0 saturated heterocycles. The Balaban J connectivity index is 1.72. The van der Waals surface area contributed by atoms with Crippen LogP contribution in [0.3, 0.4) is 0 Å². The number of aromatic amines is 1. The molecule has 1 N–H and O–H groups in total. The molecule has 0 aliphatic carbocycles. The van der Waals surface area contributed by atoms with Crippen molar-refractivity contribution < 1.29 is 9.53 Å². The van der Waals surface area contributed by atoms with E-state index in [1.165, 1.54) is 7.11 Å². The number of benzene rings is 2. The zero-order chi connectivity index (χ0) is 17.2. The van der Waals surface area contributed by atoms with E-state index in [-0.39, 0.29) is 5.97 Å². The molecule has 2 aromatic carbocycles. The van der Waals surface area contributed by atoms with Crippen molar-refractivity contribution in [2.45, 2.75) is 0 Å². The molecule has 0 aliphatic rings. The second kappa shape index (κ2) is 6.20. The molecule has 0 aliphatic heterocycles. The fourth-order valence-corrected chi connectivity index (χ4v) is 2.81. The number of carbonyl (C=O) groups excluding carboxylic acids is 1. The zero-order valence-electron chi connectivity index (χ0n) is 13.6. The summed E-state index contributed by atoms with van der Waals surface area (Å²) in [4.78, 5) is 24.0. The van der Waals surface area contributed by atoms with Crippen LogP contribution in [0, 0.1) is 0 Å². The number of methoxy groups -OCH3 is 1. The Morgan fingerprint density at radius 2 is 1.72 bits per heavy atom. The lowest BCUT2D eigenvalue weighted by atomic mass is 9.98. The molecule has 122 valence electrons. The second-order valence-electron chi connectivity index (χ2n) is 5.57. The van der Waals surface area contributed by atoms with E-state index in [4.69, 9.17) is 4.74 Å². The third-order valence-electron chi connectivity index (χ3n) is 4.06. The molecule has 0 amide bonds. The Labute approximate surface area is 144 Å². The van der Waals surface area contributed by atoms with Crippen LogP contribution in [0.5, 0.6) is 0 Å². The molecule has 4 aromatic rings. The van der Waals surface area contributed by atoms with Crippen molar-refractivity contribution in [2.24, 2.45) is 0 Å². The molecular formula is C20H15N3O2. The predicted molar refractivity (Wildman–Crippen MR) is 96.1 cm³/mol. The van der Waals surface area contributed by atoms with E-state index in [0.29, 0.717) is 11.2 Å². The summed E-state index contributed by atoms with van der Waals surface area (Å²) >= 11 is 0. The second-order valence-corrected chi connectivity index (χ2v) is 5.57. The number of aromatic nitrogens is 3. The highest BCUT2D eigenvalue weighted by Gasteiger charge is 2.13. The highest BCUT2D eigenvalue weighted by atomic mass is 16.5. The topological polar surface area (TPSA) is 67.9 Å². The Hall–Kier alpha value is -3.47. The lowest BCUT2D eigenvalue weighted by molar-refractivity contribution is 0.0601. The van der Waals surface area contributed by atoms with Crippen molar-refractivity contribution in [2.75, 3.05) is 7.11 Å². The van der Waals surface area contributed by atoms with Crippen LogP contribution in [-0.4, -0.2) is 28.0 Å². The maximum absolute atomic E-state index is 12.0. The first-order chi connectivity index (χ1) is 12.3. The molecule has 0 spiro atoms. The number of nitrogens with one attached hydrogen (secondary N) is 1. The third kappa shape index (κ3) is 2.76. The standard InChI is InChI=1S/C20H15N3O2/c1-25-20(24)16-6-3-2-5-15(16)13-8-10-14(11-9-13)18-22-17-7-4-12-21-19(17)23-18/h2-12H,1H3,(H,21,22,23). The number of hydrogen-bond donors (Lipinski definition) is 1. The SMILES string of the molecule is COC(=O)c1ccccc1-c1ccc(-c2nc3ncccc3[nH]2)cc1. The van der Waals surface area contributed by atoms with Crippen LogP contribution < -0.4 is 0 Å². The molecule has 0 bridgehead atoms. The summed E-state index contributed by atoms with van der Waals surface area (Å²) in [6.07, 6.45) is 1.72. The molecule has 0 unspecified atom stereocenters. The van der Waals surface area contributed by atoms with Gasteiger partial charge in [-0.3, -0.25) is 0 Å². The van der Waals surface area contributed by atoms with Gasteiger partial charge in [0.05, 0.1) is 18.2 Å². The molecule has 4 rings (SSSR count). The molecule has 5 nitrogen and oxygen atoms in total. The normalized spacial score (nSPS) is 10.8. The van der Waals surface area contributed by atoms with E-state index >= 15 is 0 Å². The molecule has 0 saturated carbocycles. The van der Waals surface area contributed by atoms with Gasteiger partial charge in [-0.15, -0.1) is 0 Å². The van der Waals surface area contributed by atoms with Crippen LogP contribution in [0.15, 0.2) is 66.9 Å². The maximum atomic E-state index is 12.0. The average molecular weight is 329 g/mol. The Morgan fingerprint density at radius 1 is 0.960 bits per heavy atom. The van der Waals surface area contributed by atoms with Crippen molar-refractivity contribution in [3.8, 4) is 22.5 Å². The molecule has 0 radical (unpaired) electrons. The number of rotatable bonds is 3. The number of fused-ring (bicyclic) bond motifs is 1. The number of ether oxygens (including phenoxy) is 1. The molecule has 5 heteroatoms. The van der Waals surface area contributed by atoms with E-state index in [1.807, 2.05) is 54.6 Å². The smallest absolute Gasteiger partial charge is 0.338 e. The van der Waals surface area contributed by atoms with Crippen LogP contribution in [0.1, 0.15) is 10.4 Å². The number of imidazole rings is 1. The number of pyridine rings is 1. The van der Waals surface area contributed by atoms with Gasteiger partial charge in [-0.05, 0) is 29.3 Å². The van der Waals surface area contributed by atoms with Gasteiger partial charge >= 0.3 is 5.97 Å². The van der Waals surface area contributed by atoms with Crippen LogP contribution in [0.2, 0.25) is 0 Å². The van der Waals surface area contributed by atoms with Gasteiger partial charge in [0.15, 0.2) is 5.65 Å². The highest BCUT2D eigenvalue weighted by Crippen LogP contribution is 2.27. The molecule has 0 fully saturated rings. The van der Waals surface area contributed by atoms with Crippen LogP contribution in [0.25, 0.3) is 33.7 Å². The predicted octanol–water partition coefficient (Wildman–Crippen LogP) is 4.08. The summed E-state index contributed by atoms with van der Waals surface area (Å²) in [5.41, 5.74) is 4.88. The van der Waals surface area contributed by atoms with E-state index in [9.17, 15) is 4.79 Å². The van der Waals surface area contributed by atoms with E-state index in [1.54, 1.807) is 12.3 Å². The summed E-state index contributed by atoms with van der Waals surface area (Å²) in [6.45, 7) is 0. The van der Waals surface area contributed by atoms with Gasteiger partial charge in [0, 0.05) is 11.8 Å².